The van der Waals surface area contributed by atoms with Crippen molar-refractivity contribution in [2.75, 3.05) is 18.5 Å². The first-order valence-electron chi connectivity index (χ1n) is 6.71. The van der Waals surface area contributed by atoms with Crippen molar-refractivity contribution in [1.29, 1.82) is 5.26 Å². The van der Waals surface area contributed by atoms with Crippen molar-refractivity contribution in [2.45, 2.75) is 13.8 Å². The van der Waals surface area contributed by atoms with Crippen molar-refractivity contribution < 1.29 is 9.53 Å². The normalized spacial score (nSPS) is 11.2. The van der Waals surface area contributed by atoms with E-state index in [2.05, 4.69) is 10.4 Å². The van der Waals surface area contributed by atoms with Gasteiger partial charge >= 0.3 is 5.97 Å². The van der Waals surface area contributed by atoms with Gasteiger partial charge in [0, 0.05) is 18.3 Å². The highest BCUT2D eigenvalue weighted by atomic mass is 16.5. The van der Waals surface area contributed by atoms with Gasteiger partial charge in [0.1, 0.15) is 11.6 Å². The Morgan fingerprint density at radius 2 is 2.33 bits per heavy atom. The number of carbonyl (C=O) groups excluding carboxylic acids is 1. The van der Waals surface area contributed by atoms with Crippen LogP contribution in [0.2, 0.25) is 0 Å². The Bertz CT molecular complexity index is 725. The van der Waals surface area contributed by atoms with Crippen molar-refractivity contribution in [3.05, 3.63) is 35.5 Å². The molecule has 0 aliphatic heterocycles. The molecule has 0 radical (unpaired) electrons. The average molecular weight is 284 g/mol. The van der Waals surface area contributed by atoms with Crippen molar-refractivity contribution in [3.63, 3.8) is 0 Å². The fourth-order valence-corrected chi connectivity index (χ4v) is 1.95. The van der Waals surface area contributed by atoms with Crippen LogP contribution in [0.3, 0.4) is 0 Å². The molecule has 1 N–H and O–H groups in total. The number of nitrogens with one attached hydrogen (secondary N) is 1. The number of fused-ring (bicyclic) bond motifs is 1. The van der Waals surface area contributed by atoms with Gasteiger partial charge in [0.2, 0.25) is 0 Å². The van der Waals surface area contributed by atoms with Crippen LogP contribution in [0.5, 0.6) is 0 Å². The van der Waals surface area contributed by atoms with Crippen LogP contribution in [-0.4, -0.2) is 28.7 Å². The largest absolute Gasteiger partial charge is 0.462 e. The molecule has 0 saturated heterocycles. The summed E-state index contributed by atoms with van der Waals surface area (Å²) < 4.78 is 6.58. The van der Waals surface area contributed by atoms with Crippen LogP contribution in [0.15, 0.2) is 30.0 Å². The number of nitriles is 1. The molecule has 108 valence electrons. The van der Waals surface area contributed by atoms with Gasteiger partial charge in [-0.2, -0.15) is 5.26 Å². The highest BCUT2D eigenvalue weighted by Gasteiger charge is 2.15. The van der Waals surface area contributed by atoms with Gasteiger partial charge in [-0.05, 0) is 32.1 Å². The molecule has 0 saturated carbocycles. The standard InChI is InChI=1S/C15H16N4O2/c1-3-17-14-12(9-11(10-16)15(20)21-4-2)13-7-5-6-8-19(13)18-14/h5-9H,3-4H2,1-2H3,(H,17,18). The van der Waals surface area contributed by atoms with Crippen LogP contribution in [0.4, 0.5) is 5.82 Å². The molecule has 0 aromatic carbocycles. The topological polar surface area (TPSA) is 79.4 Å². The van der Waals surface area contributed by atoms with E-state index in [-0.39, 0.29) is 12.2 Å². The number of ether oxygens (including phenoxy) is 1. The lowest BCUT2D eigenvalue weighted by Crippen LogP contribution is -2.06. The predicted molar refractivity (Wildman–Crippen MR) is 79.6 cm³/mol. The maximum Gasteiger partial charge on any atom is 0.348 e. The molecular weight excluding hydrogens is 268 g/mol. The monoisotopic (exact) mass is 284 g/mol. The van der Waals surface area contributed by atoms with Gasteiger partial charge in [-0.3, -0.25) is 0 Å². The molecule has 21 heavy (non-hydrogen) atoms. The zero-order valence-electron chi connectivity index (χ0n) is 12.0. The minimum atomic E-state index is -0.627. The van der Waals surface area contributed by atoms with Crippen LogP contribution in [0, 0.1) is 11.3 Å². The number of esters is 1. The summed E-state index contributed by atoms with van der Waals surface area (Å²) in [5.41, 5.74) is 1.46. The van der Waals surface area contributed by atoms with E-state index in [0.717, 1.165) is 5.52 Å². The Morgan fingerprint density at radius 1 is 1.52 bits per heavy atom. The Morgan fingerprint density at radius 3 is 3.00 bits per heavy atom. The van der Waals surface area contributed by atoms with E-state index in [0.29, 0.717) is 17.9 Å². The second kappa shape index (κ2) is 6.57. The molecule has 0 aliphatic carbocycles. The van der Waals surface area contributed by atoms with E-state index in [4.69, 9.17) is 10.00 Å². The molecule has 6 nitrogen and oxygen atoms in total. The van der Waals surface area contributed by atoms with E-state index in [1.807, 2.05) is 37.4 Å². The number of nitrogens with zero attached hydrogens (tertiary/aromatic N) is 3. The SMILES string of the molecule is CCNc1nn2ccccc2c1C=C(C#N)C(=O)OCC. The predicted octanol–water partition coefficient (Wildman–Crippen LogP) is 2.24. The third-order valence-corrected chi connectivity index (χ3v) is 2.83. The van der Waals surface area contributed by atoms with Crippen LogP contribution < -0.4 is 5.32 Å². The van der Waals surface area contributed by atoms with Crippen LogP contribution in [0.1, 0.15) is 19.4 Å². The lowest BCUT2D eigenvalue weighted by Gasteiger charge is -2.01. The minimum Gasteiger partial charge on any atom is -0.462 e. The Hall–Kier alpha value is -2.81. The molecule has 2 heterocycles. The summed E-state index contributed by atoms with van der Waals surface area (Å²) in [6, 6.07) is 7.49. The molecule has 0 unspecified atom stereocenters. The highest BCUT2D eigenvalue weighted by molar-refractivity contribution is 6.00. The van der Waals surface area contributed by atoms with E-state index >= 15 is 0 Å². The van der Waals surface area contributed by atoms with Crippen LogP contribution in [0.25, 0.3) is 11.6 Å². The van der Waals surface area contributed by atoms with Crippen LogP contribution >= 0.6 is 0 Å². The van der Waals surface area contributed by atoms with Crippen molar-refractivity contribution in [3.8, 4) is 6.07 Å². The zero-order valence-corrected chi connectivity index (χ0v) is 12.0. The Labute approximate surface area is 122 Å². The van der Waals surface area contributed by atoms with Gasteiger partial charge in [0.05, 0.1) is 12.1 Å². The summed E-state index contributed by atoms with van der Waals surface area (Å²) in [5, 5.41) is 16.7. The van der Waals surface area contributed by atoms with Gasteiger partial charge in [0.25, 0.3) is 0 Å². The average Bonchev–Trinajstić information content (AvgIpc) is 2.83. The first kappa shape index (κ1) is 14.6. The number of anilines is 1. The van der Waals surface area contributed by atoms with Crippen molar-refractivity contribution in [2.24, 2.45) is 0 Å². The number of aromatic nitrogens is 2. The summed E-state index contributed by atoms with van der Waals surface area (Å²) in [6.07, 6.45) is 3.32. The van der Waals surface area contributed by atoms with Gasteiger partial charge in [-0.15, -0.1) is 5.10 Å². The number of carbonyl (C=O) groups is 1. The summed E-state index contributed by atoms with van der Waals surface area (Å²) in [6.45, 7) is 4.57. The quantitative estimate of drug-likeness (QED) is 0.517. The highest BCUT2D eigenvalue weighted by Crippen LogP contribution is 2.23. The maximum absolute atomic E-state index is 11.7. The number of hydrogen-bond acceptors (Lipinski definition) is 5. The molecule has 2 aromatic rings. The lowest BCUT2D eigenvalue weighted by atomic mass is 10.1. The summed E-state index contributed by atoms with van der Waals surface area (Å²) in [4.78, 5) is 11.7. The van der Waals surface area contributed by atoms with Crippen LogP contribution in [-0.2, 0) is 9.53 Å². The van der Waals surface area contributed by atoms with Crippen molar-refractivity contribution >= 4 is 23.4 Å². The van der Waals surface area contributed by atoms with E-state index in [1.54, 1.807) is 11.4 Å². The molecular formula is C15H16N4O2. The van der Waals surface area contributed by atoms with Gasteiger partial charge < -0.3 is 10.1 Å². The zero-order chi connectivity index (χ0) is 15.2. The molecule has 2 rings (SSSR count). The molecule has 0 bridgehead atoms. The number of pyridine rings is 1. The second-order valence-corrected chi connectivity index (χ2v) is 4.21. The molecule has 6 heteroatoms. The van der Waals surface area contributed by atoms with Crippen molar-refractivity contribution in [1.82, 2.24) is 9.61 Å². The molecule has 0 amide bonds. The smallest absolute Gasteiger partial charge is 0.348 e. The number of rotatable bonds is 5. The fraction of sp³-hybridized carbons (Fsp3) is 0.267. The third kappa shape index (κ3) is 3.03. The van der Waals surface area contributed by atoms with E-state index < -0.39 is 5.97 Å². The van der Waals surface area contributed by atoms with E-state index in [9.17, 15) is 4.79 Å². The Kier molecular flexibility index (Phi) is 4.57. The lowest BCUT2D eigenvalue weighted by molar-refractivity contribution is -0.137. The van der Waals surface area contributed by atoms with Gasteiger partial charge in [-0.25, -0.2) is 9.31 Å². The van der Waals surface area contributed by atoms with Gasteiger partial charge in [-0.1, -0.05) is 6.07 Å². The molecule has 0 aliphatic rings. The second-order valence-electron chi connectivity index (χ2n) is 4.21. The summed E-state index contributed by atoms with van der Waals surface area (Å²) in [5.74, 6) is -0.00141. The van der Waals surface area contributed by atoms with E-state index in [1.165, 1.54) is 6.08 Å². The summed E-state index contributed by atoms with van der Waals surface area (Å²) in [7, 11) is 0. The molecule has 0 atom stereocenters. The first-order chi connectivity index (χ1) is 10.2. The summed E-state index contributed by atoms with van der Waals surface area (Å²) >= 11 is 0. The molecule has 0 fully saturated rings. The third-order valence-electron chi connectivity index (χ3n) is 2.83. The Balaban J connectivity index is 2.55. The fourth-order valence-electron chi connectivity index (χ4n) is 1.95. The maximum atomic E-state index is 11.7. The molecule has 0 spiro atoms. The minimum absolute atomic E-state index is 0.0465. The first-order valence-corrected chi connectivity index (χ1v) is 6.71. The molecule has 2 aromatic heterocycles. The number of hydrogen-bond donors (Lipinski definition) is 1. The van der Waals surface area contributed by atoms with Gasteiger partial charge in [0.15, 0.2) is 5.82 Å².